The first-order valence-corrected chi connectivity index (χ1v) is 6.27. The number of carboxylic acids is 1. The van der Waals surface area contributed by atoms with Crippen molar-refractivity contribution in [2.24, 2.45) is 0 Å². The minimum Gasteiger partial charge on any atom is -0.478 e. The van der Waals surface area contributed by atoms with Gasteiger partial charge >= 0.3 is 5.97 Å². The highest BCUT2D eigenvalue weighted by molar-refractivity contribution is 7.99. The Balaban J connectivity index is 2.01. The second kappa shape index (κ2) is 6.87. The van der Waals surface area contributed by atoms with Crippen molar-refractivity contribution in [1.29, 1.82) is 0 Å². The Hall–Kier alpha value is -0.520. The molecule has 0 bridgehead atoms. The topological polar surface area (TPSA) is 52.6 Å². The largest absolute Gasteiger partial charge is 0.478 e. The SMILES string of the molecule is C=C(CNCCN1CCSCC1)C(=O)O. The molecule has 0 aromatic rings. The molecule has 86 valence electrons. The third kappa shape index (κ3) is 5.20. The van der Waals surface area contributed by atoms with Gasteiger partial charge in [0.2, 0.25) is 0 Å². The maximum Gasteiger partial charge on any atom is 0.332 e. The summed E-state index contributed by atoms with van der Waals surface area (Å²) < 4.78 is 0. The van der Waals surface area contributed by atoms with Gasteiger partial charge in [-0.1, -0.05) is 6.58 Å². The number of nitrogens with zero attached hydrogens (tertiary/aromatic N) is 1. The molecule has 1 heterocycles. The maximum atomic E-state index is 10.4. The predicted octanol–water partition coefficient (Wildman–Crippen LogP) is 0.266. The molecule has 0 spiro atoms. The number of hydrogen-bond donors (Lipinski definition) is 2. The number of carboxylic acid groups (broad SMARTS) is 1. The van der Waals surface area contributed by atoms with Crippen molar-refractivity contribution in [3.8, 4) is 0 Å². The van der Waals surface area contributed by atoms with E-state index in [1.165, 1.54) is 11.5 Å². The Bertz CT molecular complexity index is 227. The molecular weight excluding hydrogens is 212 g/mol. The van der Waals surface area contributed by atoms with Gasteiger partial charge in [-0.3, -0.25) is 0 Å². The fraction of sp³-hybridized carbons (Fsp3) is 0.700. The summed E-state index contributed by atoms with van der Waals surface area (Å²) in [6.45, 7) is 7.95. The number of hydrogen-bond acceptors (Lipinski definition) is 4. The Morgan fingerprint density at radius 2 is 2.13 bits per heavy atom. The van der Waals surface area contributed by atoms with E-state index in [1.54, 1.807) is 0 Å². The molecule has 5 heteroatoms. The molecule has 0 aromatic carbocycles. The molecule has 1 aliphatic heterocycles. The summed E-state index contributed by atoms with van der Waals surface area (Å²) in [4.78, 5) is 12.8. The van der Waals surface area contributed by atoms with Crippen LogP contribution in [0.3, 0.4) is 0 Å². The lowest BCUT2D eigenvalue weighted by molar-refractivity contribution is -0.132. The van der Waals surface area contributed by atoms with Gasteiger partial charge in [0.05, 0.1) is 0 Å². The van der Waals surface area contributed by atoms with Crippen molar-refractivity contribution in [3.05, 3.63) is 12.2 Å². The molecule has 0 amide bonds. The third-order valence-electron chi connectivity index (χ3n) is 2.35. The van der Waals surface area contributed by atoms with Crippen molar-refractivity contribution in [3.63, 3.8) is 0 Å². The molecule has 1 aliphatic rings. The van der Waals surface area contributed by atoms with E-state index in [0.29, 0.717) is 6.54 Å². The van der Waals surface area contributed by atoms with E-state index in [0.717, 1.165) is 26.2 Å². The third-order valence-corrected chi connectivity index (χ3v) is 3.29. The molecule has 1 saturated heterocycles. The summed E-state index contributed by atoms with van der Waals surface area (Å²) in [5.74, 6) is 1.50. The smallest absolute Gasteiger partial charge is 0.332 e. The zero-order chi connectivity index (χ0) is 11.1. The van der Waals surface area contributed by atoms with Crippen LogP contribution in [0.15, 0.2) is 12.2 Å². The lowest BCUT2D eigenvalue weighted by Crippen LogP contribution is -2.38. The molecule has 1 fully saturated rings. The zero-order valence-corrected chi connectivity index (χ0v) is 9.68. The highest BCUT2D eigenvalue weighted by Crippen LogP contribution is 2.07. The van der Waals surface area contributed by atoms with Gasteiger partial charge in [-0.2, -0.15) is 11.8 Å². The Morgan fingerprint density at radius 3 is 2.73 bits per heavy atom. The van der Waals surface area contributed by atoms with Crippen molar-refractivity contribution >= 4 is 17.7 Å². The van der Waals surface area contributed by atoms with Crippen LogP contribution in [0.2, 0.25) is 0 Å². The van der Waals surface area contributed by atoms with Crippen LogP contribution in [0.1, 0.15) is 0 Å². The van der Waals surface area contributed by atoms with Gasteiger partial charge in [-0.15, -0.1) is 0 Å². The van der Waals surface area contributed by atoms with Crippen molar-refractivity contribution in [1.82, 2.24) is 10.2 Å². The van der Waals surface area contributed by atoms with E-state index in [-0.39, 0.29) is 5.57 Å². The summed E-state index contributed by atoms with van der Waals surface area (Å²) in [7, 11) is 0. The van der Waals surface area contributed by atoms with Gasteiger partial charge in [0.25, 0.3) is 0 Å². The average molecular weight is 230 g/mol. The van der Waals surface area contributed by atoms with Crippen LogP contribution in [0, 0.1) is 0 Å². The van der Waals surface area contributed by atoms with Crippen LogP contribution in [0.4, 0.5) is 0 Å². The normalized spacial score (nSPS) is 17.6. The highest BCUT2D eigenvalue weighted by atomic mass is 32.2. The summed E-state index contributed by atoms with van der Waals surface area (Å²) in [6, 6.07) is 0. The average Bonchev–Trinajstić information content (AvgIpc) is 2.25. The van der Waals surface area contributed by atoms with Crippen LogP contribution in [-0.4, -0.2) is 60.2 Å². The van der Waals surface area contributed by atoms with E-state index in [1.807, 2.05) is 11.8 Å². The van der Waals surface area contributed by atoms with E-state index in [2.05, 4.69) is 16.8 Å². The molecular formula is C10H18N2O2S. The molecule has 0 saturated carbocycles. The van der Waals surface area contributed by atoms with E-state index in [4.69, 9.17) is 5.11 Å². The minimum absolute atomic E-state index is 0.226. The molecule has 0 aromatic heterocycles. The maximum absolute atomic E-state index is 10.4. The van der Waals surface area contributed by atoms with Gasteiger partial charge in [0.15, 0.2) is 0 Å². The van der Waals surface area contributed by atoms with Gasteiger partial charge in [0.1, 0.15) is 0 Å². The van der Waals surface area contributed by atoms with Gasteiger partial charge in [0, 0.05) is 49.8 Å². The van der Waals surface area contributed by atoms with Crippen molar-refractivity contribution in [2.75, 3.05) is 44.2 Å². The Kier molecular flexibility index (Phi) is 5.75. The first-order valence-electron chi connectivity index (χ1n) is 5.12. The standard InChI is InChI=1S/C10H18N2O2S/c1-9(10(13)14)8-11-2-3-12-4-6-15-7-5-12/h11H,1-8H2,(H,13,14). The predicted molar refractivity (Wildman–Crippen MR) is 63.4 cm³/mol. The van der Waals surface area contributed by atoms with Gasteiger partial charge < -0.3 is 15.3 Å². The van der Waals surface area contributed by atoms with Crippen LogP contribution < -0.4 is 5.32 Å². The number of aliphatic carboxylic acids is 1. The molecule has 0 radical (unpaired) electrons. The van der Waals surface area contributed by atoms with Crippen LogP contribution in [0.5, 0.6) is 0 Å². The van der Waals surface area contributed by atoms with Crippen LogP contribution >= 0.6 is 11.8 Å². The first kappa shape index (κ1) is 12.5. The van der Waals surface area contributed by atoms with Gasteiger partial charge in [-0.25, -0.2) is 4.79 Å². The summed E-state index contributed by atoms with van der Waals surface area (Å²) in [6.07, 6.45) is 0. The quantitative estimate of drug-likeness (QED) is 0.506. The summed E-state index contributed by atoms with van der Waals surface area (Å²) in [5, 5.41) is 11.7. The summed E-state index contributed by atoms with van der Waals surface area (Å²) >= 11 is 1.99. The van der Waals surface area contributed by atoms with E-state index < -0.39 is 5.97 Å². The molecule has 0 unspecified atom stereocenters. The highest BCUT2D eigenvalue weighted by Gasteiger charge is 2.09. The fourth-order valence-corrected chi connectivity index (χ4v) is 2.36. The molecule has 15 heavy (non-hydrogen) atoms. The number of rotatable bonds is 6. The molecule has 1 rings (SSSR count). The molecule has 4 nitrogen and oxygen atoms in total. The molecule has 0 aliphatic carbocycles. The number of nitrogens with one attached hydrogen (secondary N) is 1. The van der Waals surface area contributed by atoms with Gasteiger partial charge in [-0.05, 0) is 0 Å². The second-order valence-corrected chi connectivity index (χ2v) is 4.76. The minimum atomic E-state index is -0.920. The number of thioether (sulfide) groups is 1. The second-order valence-electron chi connectivity index (χ2n) is 3.54. The van der Waals surface area contributed by atoms with Crippen molar-refractivity contribution in [2.45, 2.75) is 0 Å². The lowest BCUT2D eigenvalue weighted by Gasteiger charge is -2.26. The molecule has 0 atom stereocenters. The molecule has 2 N–H and O–H groups in total. The van der Waals surface area contributed by atoms with E-state index >= 15 is 0 Å². The monoisotopic (exact) mass is 230 g/mol. The first-order chi connectivity index (χ1) is 7.20. The van der Waals surface area contributed by atoms with Crippen molar-refractivity contribution < 1.29 is 9.90 Å². The Morgan fingerprint density at radius 1 is 1.47 bits per heavy atom. The number of carbonyl (C=O) groups is 1. The van der Waals surface area contributed by atoms with E-state index in [9.17, 15) is 4.79 Å². The van der Waals surface area contributed by atoms with Crippen LogP contribution in [0.25, 0.3) is 0 Å². The Labute approximate surface area is 94.7 Å². The zero-order valence-electron chi connectivity index (χ0n) is 8.87. The summed E-state index contributed by atoms with van der Waals surface area (Å²) in [5.41, 5.74) is 0.226. The lowest BCUT2D eigenvalue weighted by atomic mass is 10.3. The fourth-order valence-electron chi connectivity index (χ4n) is 1.38. The van der Waals surface area contributed by atoms with Crippen LogP contribution in [-0.2, 0) is 4.79 Å².